The van der Waals surface area contributed by atoms with Crippen molar-refractivity contribution in [3.63, 3.8) is 0 Å². The lowest BCUT2D eigenvalue weighted by molar-refractivity contribution is -0.260. The van der Waals surface area contributed by atoms with Gasteiger partial charge in [0.05, 0.1) is 37.8 Å². The molecule has 4 aliphatic heterocycles. The lowest BCUT2D eigenvalue weighted by atomic mass is 9.49. The molecule has 9 unspecified atom stereocenters. The molecule has 242 valence electrons. The fourth-order valence-corrected chi connectivity index (χ4v) is 8.78. The van der Waals surface area contributed by atoms with Gasteiger partial charge in [-0.05, 0) is 50.5 Å². The van der Waals surface area contributed by atoms with Gasteiger partial charge in [-0.1, -0.05) is 20.8 Å². The lowest BCUT2D eigenvalue weighted by Gasteiger charge is -2.60. The molecule has 6 rings (SSSR count). The van der Waals surface area contributed by atoms with Crippen LogP contribution in [0.5, 0.6) is 0 Å². The molecule has 2 aliphatic carbocycles. The number of aliphatic hydroxyl groups is 2. The normalized spacial score (nSPS) is 41.1. The molecule has 4 heterocycles. The van der Waals surface area contributed by atoms with E-state index in [0.717, 1.165) is 37.5 Å². The number of carbonyl (C=O) groups is 3. The van der Waals surface area contributed by atoms with Gasteiger partial charge >= 0.3 is 17.9 Å². The Morgan fingerprint density at radius 3 is 2.58 bits per heavy atom. The molecule has 3 saturated heterocycles. The minimum absolute atomic E-state index is 0.00493. The quantitative estimate of drug-likeness (QED) is 0.238. The van der Waals surface area contributed by atoms with Gasteiger partial charge in [0.15, 0.2) is 0 Å². The van der Waals surface area contributed by atoms with Crippen molar-refractivity contribution in [1.29, 1.82) is 0 Å². The first-order chi connectivity index (χ1) is 20.5. The summed E-state index contributed by atoms with van der Waals surface area (Å²) in [7, 11) is 1.00. The number of hydrogen-bond donors (Lipinski definition) is 2. The third-order valence-electron chi connectivity index (χ3n) is 10.8. The summed E-state index contributed by atoms with van der Waals surface area (Å²) in [4.78, 5) is 38.0. The molecule has 6 aliphatic rings. The molecule has 0 amide bonds. The molecule has 0 aromatic carbocycles. The molecule has 0 bridgehead atoms. The van der Waals surface area contributed by atoms with Crippen LogP contribution in [0.15, 0.2) is 11.1 Å². The third-order valence-corrected chi connectivity index (χ3v) is 10.8. The number of aliphatic hydroxyl groups excluding tert-OH is 2. The van der Waals surface area contributed by atoms with Gasteiger partial charge in [0.1, 0.15) is 30.5 Å². The molecule has 9 atom stereocenters. The van der Waals surface area contributed by atoms with Gasteiger partial charge in [-0.25, -0.2) is 4.79 Å². The number of carbonyl (C=O) groups excluding carboxylic acids is 3. The predicted octanol–water partition coefficient (Wildman–Crippen LogP) is 2.63. The number of fused-ring (bicyclic) bond motifs is 2. The number of rotatable bonds is 8. The SMILES string of the molecule is CC(C)CC1CC2OC23C2(C)CCC4=C(COC4=O)C2COC3(C)C1OC(=O)CCC(=O)OCC1CC(O)CCO1.CO. The van der Waals surface area contributed by atoms with Gasteiger partial charge in [-0.15, -0.1) is 0 Å². The van der Waals surface area contributed by atoms with Crippen molar-refractivity contribution >= 4 is 17.9 Å². The standard InChI is InChI=1S/C31H44O10.CH4O/c1-17(2)11-18-12-24-31(41-24)29(3)9-7-21-22(15-38-28(21)35)23(29)16-39-30(31,4)27(18)40-26(34)6-5-25(33)37-14-20-13-19(32)8-10-36-20;1-2/h17-20,23-24,27,32H,5-16H2,1-4H3;2H,1H3. The van der Waals surface area contributed by atoms with Crippen LogP contribution in [0.4, 0.5) is 0 Å². The molecular formula is C32H48O11. The van der Waals surface area contributed by atoms with Gasteiger partial charge in [-0.3, -0.25) is 9.59 Å². The summed E-state index contributed by atoms with van der Waals surface area (Å²) >= 11 is 0. The highest BCUT2D eigenvalue weighted by Gasteiger charge is 2.84. The summed E-state index contributed by atoms with van der Waals surface area (Å²) in [6, 6.07) is 0. The monoisotopic (exact) mass is 608 g/mol. The third kappa shape index (κ3) is 5.54. The maximum Gasteiger partial charge on any atom is 0.334 e. The second-order valence-corrected chi connectivity index (χ2v) is 13.7. The number of esters is 3. The second kappa shape index (κ2) is 12.4. The molecular weight excluding hydrogens is 560 g/mol. The van der Waals surface area contributed by atoms with Crippen molar-refractivity contribution in [3.8, 4) is 0 Å². The summed E-state index contributed by atoms with van der Waals surface area (Å²) in [6.07, 6.45) is 2.58. The number of ether oxygens (including phenoxy) is 6. The zero-order chi connectivity index (χ0) is 31.2. The molecule has 0 radical (unpaired) electrons. The molecule has 43 heavy (non-hydrogen) atoms. The first kappa shape index (κ1) is 32.3. The molecule has 0 aromatic rings. The van der Waals surface area contributed by atoms with Gasteiger partial charge < -0.3 is 38.6 Å². The Hall–Kier alpha value is -2.05. The molecule has 1 saturated carbocycles. The molecule has 2 N–H and O–H groups in total. The van der Waals surface area contributed by atoms with E-state index < -0.39 is 35.3 Å². The molecule has 4 fully saturated rings. The lowest BCUT2D eigenvalue weighted by Crippen LogP contribution is -2.72. The molecule has 11 nitrogen and oxygen atoms in total. The Morgan fingerprint density at radius 1 is 1.12 bits per heavy atom. The molecule has 11 heteroatoms. The smallest absolute Gasteiger partial charge is 0.334 e. The van der Waals surface area contributed by atoms with Crippen LogP contribution in [0, 0.1) is 23.2 Å². The van der Waals surface area contributed by atoms with Crippen LogP contribution in [0.1, 0.15) is 79.1 Å². The summed E-state index contributed by atoms with van der Waals surface area (Å²) in [5, 5.41) is 16.8. The minimum Gasteiger partial charge on any atom is -0.463 e. The van der Waals surface area contributed by atoms with Crippen LogP contribution in [0.25, 0.3) is 0 Å². The van der Waals surface area contributed by atoms with E-state index >= 15 is 0 Å². The maximum absolute atomic E-state index is 13.2. The Morgan fingerprint density at radius 2 is 1.86 bits per heavy atom. The summed E-state index contributed by atoms with van der Waals surface area (Å²) in [6.45, 7) is 9.82. The van der Waals surface area contributed by atoms with Crippen LogP contribution in [0.3, 0.4) is 0 Å². The molecule has 0 aromatic heterocycles. The summed E-state index contributed by atoms with van der Waals surface area (Å²) in [5.74, 6) is -0.706. The fraction of sp³-hybridized carbons (Fsp3) is 0.844. The first-order valence-electron chi connectivity index (χ1n) is 15.8. The Bertz CT molecular complexity index is 1120. The average molecular weight is 609 g/mol. The number of hydrogen-bond acceptors (Lipinski definition) is 11. The molecule has 1 spiro atoms. The van der Waals surface area contributed by atoms with E-state index in [0.29, 0.717) is 45.0 Å². The van der Waals surface area contributed by atoms with Gasteiger partial charge in [0, 0.05) is 43.0 Å². The van der Waals surface area contributed by atoms with Crippen molar-refractivity contribution < 1.29 is 53.0 Å². The van der Waals surface area contributed by atoms with E-state index in [-0.39, 0.29) is 54.9 Å². The zero-order valence-corrected chi connectivity index (χ0v) is 26.1. The fourth-order valence-electron chi connectivity index (χ4n) is 8.78. The van der Waals surface area contributed by atoms with Gasteiger partial charge in [0.25, 0.3) is 0 Å². The van der Waals surface area contributed by atoms with Crippen LogP contribution >= 0.6 is 0 Å². The summed E-state index contributed by atoms with van der Waals surface area (Å²) < 4.78 is 35.9. The van der Waals surface area contributed by atoms with Crippen molar-refractivity contribution in [2.45, 2.75) is 115 Å². The highest BCUT2D eigenvalue weighted by molar-refractivity contribution is 5.92. The first-order valence-corrected chi connectivity index (χ1v) is 15.8. The highest BCUT2D eigenvalue weighted by atomic mass is 16.7. The Balaban J connectivity index is 0.00000180. The van der Waals surface area contributed by atoms with Crippen LogP contribution in [-0.4, -0.2) is 97.3 Å². The van der Waals surface area contributed by atoms with Crippen LogP contribution in [-0.2, 0) is 42.8 Å². The van der Waals surface area contributed by atoms with E-state index in [4.69, 9.17) is 33.5 Å². The summed E-state index contributed by atoms with van der Waals surface area (Å²) in [5.41, 5.74) is 0.0533. The highest BCUT2D eigenvalue weighted by Crippen LogP contribution is 2.72. The largest absolute Gasteiger partial charge is 0.463 e. The van der Waals surface area contributed by atoms with E-state index in [9.17, 15) is 19.5 Å². The zero-order valence-electron chi connectivity index (χ0n) is 26.1. The van der Waals surface area contributed by atoms with Crippen molar-refractivity contribution in [1.82, 2.24) is 0 Å². The number of epoxide rings is 1. The van der Waals surface area contributed by atoms with E-state index in [1.165, 1.54) is 0 Å². The van der Waals surface area contributed by atoms with Crippen molar-refractivity contribution in [2.24, 2.45) is 23.2 Å². The van der Waals surface area contributed by atoms with Crippen molar-refractivity contribution in [2.75, 3.05) is 33.5 Å². The maximum atomic E-state index is 13.2. The van der Waals surface area contributed by atoms with E-state index in [1.807, 2.05) is 6.92 Å². The van der Waals surface area contributed by atoms with Gasteiger partial charge in [0.2, 0.25) is 0 Å². The number of cyclic esters (lactones) is 1. The van der Waals surface area contributed by atoms with Crippen molar-refractivity contribution in [3.05, 3.63) is 11.1 Å². The van der Waals surface area contributed by atoms with E-state index in [1.54, 1.807) is 0 Å². The Kier molecular flexibility index (Phi) is 9.32. The predicted molar refractivity (Wildman–Crippen MR) is 152 cm³/mol. The topological polar surface area (TPSA) is 150 Å². The average Bonchev–Trinajstić information content (AvgIpc) is 3.61. The van der Waals surface area contributed by atoms with Gasteiger partial charge in [-0.2, -0.15) is 0 Å². The van der Waals surface area contributed by atoms with Crippen LogP contribution in [0.2, 0.25) is 0 Å². The second-order valence-electron chi connectivity index (χ2n) is 13.7. The van der Waals surface area contributed by atoms with Crippen LogP contribution < -0.4 is 0 Å². The minimum atomic E-state index is -0.864. The van der Waals surface area contributed by atoms with E-state index in [2.05, 4.69) is 20.8 Å². The Labute approximate surface area is 253 Å².